The van der Waals surface area contributed by atoms with Gasteiger partial charge >= 0.3 is 11.8 Å². The van der Waals surface area contributed by atoms with Crippen molar-refractivity contribution in [2.75, 3.05) is 19.0 Å². The molecule has 2 N–H and O–H groups in total. The zero-order chi connectivity index (χ0) is 19.3. The Morgan fingerprint density at radius 2 is 1.81 bits per heavy atom. The Labute approximate surface area is 158 Å². The average Bonchev–Trinajstić information content (AvgIpc) is 2.63. The largest absolute Gasteiger partial charge is 0.372 e. The fraction of sp³-hybridized carbons (Fsp3) is 0.300. The van der Waals surface area contributed by atoms with E-state index in [4.69, 9.17) is 16.3 Å². The summed E-state index contributed by atoms with van der Waals surface area (Å²) in [5, 5.41) is 5.84. The lowest BCUT2D eigenvalue weighted by atomic mass is 9.95. The molecule has 138 valence electrons. The van der Waals surface area contributed by atoms with Crippen molar-refractivity contribution in [1.29, 1.82) is 0 Å². The standard InChI is InChI=1S/C20H23ClN2O3/c1-13-7-5-10-17(14(13)2)23-19(25)18(24)22-12-20(3,26-4)15-8-6-9-16(21)11-15/h5-11H,12H2,1-4H3,(H,22,24)(H,23,25). The summed E-state index contributed by atoms with van der Waals surface area (Å²) in [5.41, 5.74) is 2.59. The molecule has 0 bridgehead atoms. The van der Waals surface area contributed by atoms with Gasteiger partial charge in [0.2, 0.25) is 0 Å². The van der Waals surface area contributed by atoms with E-state index in [-0.39, 0.29) is 6.54 Å². The van der Waals surface area contributed by atoms with Crippen molar-refractivity contribution in [3.05, 3.63) is 64.2 Å². The number of carbonyl (C=O) groups excluding carboxylic acids is 2. The number of hydrogen-bond donors (Lipinski definition) is 2. The number of halogens is 1. The van der Waals surface area contributed by atoms with E-state index in [1.165, 1.54) is 0 Å². The number of carbonyl (C=O) groups is 2. The van der Waals surface area contributed by atoms with E-state index in [9.17, 15) is 9.59 Å². The summed E-state index contributed by atoms with van der Waals surface area (Å²) >= 11 is 6.03. The molecular formula is C20H23ClN2O3. The van der Waals surface area contributed by atoms with E-state index in [0.717, 1.165) is 16.7 Å². The Morgan fingerprint density at radius 1 is 1.12 bits per heavy atom. The molecule has 0 saturated carbocycles. The molecule has 2 rings (SSSR count). The van der Waals surface area contributed by atoms with Gasteiger partial charge < -0.3 is 15.4 Å². The molecule has 0 aliphatic carbocycles. The van der Waals surface area contributed by atoms with Crippen molar-refractivity contribution < 1.29 is 14.3 Å². The zero-order valence-corrected chi connectivity index (χ0v) is 16.1. The van der Waals surface area contributed by atoms with Gasteiger partial charge in [0.05, 0.1) is 6.54 Å². The van der Waals surface area contributed by atoms with E-state index in [2.05, 4.69) is 10.6 Å². The number of rotatable bonds is 5. The van der Waals surface area contributed by atoms with E-state index in [1.807, 2.05) is 45.0 Å². The maximum atomic E-state index is 12.2. The molecule has 0 radical (unpaired) electrons. The zero-order valence-electron chi connectivity index (χ0n) is 15.4. The first-order chi connectivity index (χ1) is 12.3. The molecule has 0 aromatic heterocycles. The SMILES string of the molecule is COC(C)(CNC(=O)C(=O)Nc1cccc(C)c1C)c1cccc(Cl)c1. The monoisotopic (exact) mass is 374 g/mol. The summed E-state index contributed by atoms with van der Waals surface area (Å²) in [7, 11) is 1.54. The molecule has 0 fully saturated rings. The number of anilines is 1. The molecule has 0 aliphatic heterocycles. The highest BCUT2D eigenvalue weighted by Gasteiger charge is 2.28. The number of hydrogen-bond acceptors (Lipinski definition) is 3. The maximum absolute atomic E-state index is 12.2. The van der Waals surface area contributed by atoms with Crippen LogP contribution in [0.2, 0.25) is 5.02 Å². The first kappa shape index (κ1) is 19.9. The van der Waals surface area contributed by atoms with E-state index in [0.29, 0.717) is 10.7 Å². The van der Waals surface area contributed by atoms with Crippen LogP contribution in [0, 0.1) is 13.8 Å². The molecule has 6 heteroatoms. The van der Waals surface area contributed by atoms with Gasteiger partial charge in [0, 0.05) is 17.8 Å². The molecule has 0 spiro atoms. The van der Waals surface area contributed by atoms with Crippen LogP contribution < -0.4 is 10.6 Å². The highest BCUT2D eigenvalue weighted by Crippen LogP contribution is 2.26. The molecule has 26 heavy (non-hydrogen) atoms. The van der Waals surface area contributed by atoms with Gasteiger partial charge in [0.15, 0.2) is 0 Å². The lowest BCUT2D eigenvalue weighted by Crippen LogP contribution is -2.44. The van der Waals surface area contributed by atoms with Gasteiger partial charge in [-0.1, -0.05) is 35.9 Å². The van der Waals surface area contributed by atoms with Crippen LogP contribution in [0.1, 0.15) is 23.6 Å². The van der Waals surface area contributed by atoms with Crippen LogP contribution in [0.4, 0.5) is 5.69 Å². The number of benzene rings is 2. The van der Waals surface area contributed by atoms with Gasteiger partial charge in [-0.05, 0) is 55.7 Å². The molecule has 5 nitrogen and oxygen atoms in total. The van der Waals surface area contributed by atoms with E-state index in [1.54, 1.807) is 25.3 Å². The van der Waals surface area contributed by atoms with Gasteiger partial charge in [0.1, 0.15) is 5.60 Å². The Balaban J connectivity index is 2.04. The number of methoxy groups -OCH3 is 1. The quantitative estimate of drug-likeness (QED) is 0.786. The fourth-order valence-electron chi connectivity index (χ4n) is 2.50. The minimum absolute atomic E-state index is 0.128. The first-order valence-corrected chi connectivity index (χ1v) is 8.61. The van der Waals surface area contributed by atoms with Crippen molar-refractivity contribution in [3.63, 3.8) is 0 Å². The Bertz CT molecular complexity index is 822. The van der Waals surface area contributed by atoms with Gasteiger partial charge in [-0.25, -0.2) is 0 Å². The van der Waals surface area contributed by atoms with Crippen LogP contribution in [0.3, 0.4) is 0 Å². The van der Waals surface area contributed by atoms with Crippen molar-refractivity contribution in [3.8, 4) is 0 Å². The summed E-state index contributed by atoms with van der Waals surface area (Å²) in [6.45, 7) is 5.79. The molecule has 1 unspecified atom stereocenters. The third kappa shape index (κ3) is 4.62. The molecule has 1 atom stereocenters. The predicted octanol–water partition coefficient (Wildman–Crippen LogP) is 3.57. The molecular weight excluding hydrogens is 352 g/mol. The molecule has 0 aliphatic rings. The van der Waals surface area contributed by atoms with Crippen LogP contribution in [0.5, 0.6) is 0 Å². The molecule has 2 amide bonds. The highest BCUT2D eigenvalue weighted by atomic mass is 35.5. The highest BCUT2D eigenvalue weighted by molar-refractivity contribution is 6.39. The summed E-state index contributed by atoms with van der Waals surface area (Å²) in [6, 6.07) is 12.7. The topological polar surface area (TPSA) is 67.4 Å². The second-order valence-corrected chi connectivity index (χ2v) is 6.77. The molecule has 0 saturated heterocycles. The predicted molar refractivity (Wildman–Crippen MR) is 103 cm³/mol. The van der Waals surface area contributed by atoms with Gasteiger partial charge in [-0.15, -0.1) is 0 Å². The smallest absolute Gasteiger partial charge is 0.313 e. The van der Waals surface area contributed by atoms with E-state index < -0.39 is 17.4 Å². The number of ether oxygens (including phenoxy) is 1. The average molecular weight is 375 g/mol. The van der Waals surface area contributed by atoms with Crippen molar-refractivity contribution in [1.82, 2.24) is 5.32 Å². The summed E-state index contributed by atoms with van der Waals surface area (Å²) in [5.74, 6) is -1.44. The minimum Gasteiger partial charge on any atom is -0.372 e. The third-order valence-electron chi connectivity index (χ3n) is 4.53. The second kappa shape index (κ2) is 8.34. The maximum Gasteiger partial charge on any atom is 0.313 e. The van der Waals surface area contributed by atoms with Crippen LogP contribution in [0.15, 0.2) is 42.5 Å². The fourth-order valence-corrected chi connectivity index (χ4v) is 2.69. The molecule has 2 aromatic carbocycles. The van der Waals surface area contributed by atoms with Crippen molar-refractivity contribution >= 4 is 29.1 Å². The summed E-state index contributed by atoms with van der Waals surface area (Å²) in [4.78, 5) is 24.4. The lowest BCUT2D eigenvalue weighted by molar-refractivity contribution is -0.137. The number of nitrogens with one attached hydrogen (secondary N) is 2. The van der Waals surface area contributed by atoms with E-state index >= 15 is 0 Å². The molecule has 2 aromatic rings. The summed E-state index contributed by atoms with van der Waals surface area (Å²) in [6.07, 6.45) is 0. The Kier molecular flexibility index (Phi) is 6.40. The van der Waals surface area contributed by atoms with Crippen LogP contribution in [-0.2, 0) is 19.9 Å². The minimum atomic E-state index is -0.805. The lowest BCUT2D eigenvalue weighted by Gasteiger charge is -2.29. The molecule has 0 heterocycles. The Morgan fingerprint density at radius 3 is 2.46 bits per heavy atom. The third-order valence-corrected chi connectivity index (χ3v) is 4.77. The van der Waals surface area contributed by atoms with Crippen LogP contribution in [-0.4, -0.2) is 25.5 Å². The number of amides is 2. The second-order valence-electron chi connectivity index (χ2n) is 6.33. The van der Waals surface area contributed by atoms with Gasteiger partial charge in [-0.3, -0.25) is 9.59 Å². The van der Waals surface area contributed by atoms with Gasteiger partial charge in [-0.2, -0.15) is 0 Å². The Hall–Kier alpha value is -2.37. The summed E-state index contributed by atoms with van der Waals surface area (Å²) < 4.78 is 5.56. The van der Waals surface area contributed by atoms with Crippen LogP contribution in [0.25, 0.3) is 0 Å². The van der Waals surface area contributed by atoms with Gasteiger partial charge in [0.25, 0.3) is 0 Å². The van der Waals surface area contributed by atoms with Crippen LogP contribution >= 0.6 is 11.6 Å². The van der Waals surface area contributed by atoms with Crippen molar-refractivity contribution in [2.24, 2.45) is 0 Å². The normalized spacial score (nSPS) is 13.0. The number of aryl methyl sites for hydroxylation is 1. The first-order valence-electron chi connectivity index (χ1n) is 8.23. The van der Waals surface area contributed by atoms with Crippen molar-refractivity contribution in [2.45, 2.75) is 26.4 Å².